The summed E-state index contributed by atoms with van der Waals surface area (Å²) in [5.74, 6) is 0.627. The number of aliphatic imine (C=N–C) groups is 1. The number of benzodiazepines with no additional fused rings is 1. The van der Waals surface area contributed by atoms with Crippen molar-refractivity contribution < 1.29 is 9.53 Å². The predicted molar refractivity (Wildman–Crippen MR) is 139 cm³/mol. The Labute approximate surface area is 208 Å². The van der Waals surface area contributed by atoms with Gasteiger partial charge in [-0.2, -0.15) is 4.98 Å². The third-order valence-corrected chi connectivity index (χ3v) is 6.26. The van der Waals surface area contributed by atoms with Crippen molar-refractivity contribution in [3.05, 3.63) is 90.0 Å². The van der Waals surface area contributed by atoms with E-state index < -0.39 is 6.17 Å². The number of nitrogens with one attached hydrogen (secondary N) is 3. The quantitative estimate of drug-likeness (QED) is 0.404. The van der Waals surface area contributed by atoms with Crippen molar-refractivity contribution in [3.8, 4) is 11.4 Å². The molecule has 2 aliphatic heterocycles. The van der Waals surface area contributed by atoms with Crippen LogP contribution in [0.5, 0.6) is 0 Å². The molecule has 3 aromatic carbocycles. The number of morpholine rings is 1. The topological polar surface area (TPSA) is 108 Å². The molecule has 0 saturated carbocycles. The van der Waals surface area contributed by atoms with Crippen LogP contribution in [0, 0.1) is 0 Å². The van der Waals surface area contributed by atoms with Gasteiger partial charge in [0.25, 0.3) is 5.91 Å². The maximum absolute atomic E-state index is 13.1. The number of hydrogen-bond donors (Lipinski definition) is 3. The highest BCUT2D eigenvalue weighted by molar-refractivity contribution is 6.19. The van der Waals surface area contributed by atoms with Gasteiger partial charge in [-0.15, -0.1) is 5.10 Å². The van der Waals surface area contributed by atoms with Gasteiger partial charge in [0.15, 0.2) is 5.82 Å². The normalized spacial score (nSPS) is 17.6. The number of hydrogen-bond acceptors (Lipinski definition) is 7. The number of amides is 1. The zero-order valence-corrected chi connectivity index (χ0v) is 19.5. The lowest BCUT2D eigenvalue weighted by molar-refractivity contribution is -0.116. The molecule has 4 aromatic rings. The molecule has 1 unspecified atom stereocenters. The first-order chi connectivity index (χ1) is 17.8. The van der Waals surface area contributed by atoms with Crippen LogP contribution in [0.15, 0.2) is 83.9 Å². The minimum atomic E-state index is -0.911. The minimum absolute atomic E-state index is 0.284. The SMILES string of the molecule is O=C1Nc2ccccc2C(c2ccccc2)=NC1Nc1n[nH]c(-c2ccccc2N2CCOCC2)n1. The molecule has 1 amide bonds. The summed E-state index contributed by atoms with van der Waals surface area (Å²) in [5.41, 5.74) is 5.21. The third kappa shape index (κ3) is 4.32. The van der Waals surface area contributed by atoms with E-state index in [-0.39, 0.29) is 5.91 Å². The number of aromatic nitrogens is 3. The van der Waals surface area contributed by atoms with E-state index in [4.69, 9.17) is 9.73 Å². The molecule has 9 heteroatoms. The van der Waals surface area contributed by atoms with Crippen LogP contribution in [0.1, 0.15) is 11.1 Å². The number of nitrogens with zero attached hydrogens (tertiary/aromatic N) is 4. The Kier molecular flexibility index (Phi) is 5.88. The molecule has 0 aliphatic carbocycles. The van der Waals surface area contributed by atoms with E-state index in [2.05, 4.69) is 36.8 Å². The van der Waals surface area contributed by atoms with Crippen molar-refractivity contribution in [2.75, 3.05) is 41.8 Å². The van der Waals surface area contributed by atoms with E-state index in [1.165, 1.54) is 0 Å². The second-order valence-electron chi connectivity index (χ2n) is 8.55. The van der Waals surface area contributed by atoms with E-state index in [9.17, 15) is 4.79 Å². The monoisotopic (exact) mass is 479 g/mol. The number of ether oxygens (including phenoxy) is 1. The van der Waals surface area contributed by atoms with Gasteiger partial charge in [0.1, 0.15) is 0 Å². The van der Waals surface area contributed by atoms with E-state index >= 15 is 0 Å². The van der Waals surface area contributed by atoms with Crippen LogP contribution in [0.4, 0.5) is 17.3 Å². The van der Waals surface area contributed by atoms with Gasteiger partial charge >= 0.3 is 0 Å². The molecule has 3 N–H and O–H groups in total. The molecule has 1 atom stereocenters. The van der Waals surface area contributed by atoms with Gasteiger partial charge in [-0.05, 0) is 18.2 Å². The highest BCUT2D eigenvalue weighted by atomic mass is 16.5. The lowest BCUT2D eigenvalue weighted by Gasteiger charge is -2.30. The van der Waals surface area contributed by atoms with Gasteiger partial charge in [-0.1, -0.05) is 60.7 Å². The van der Waals surface area contributed by atoms with E-state index in [1.807, 2.05) is 72.8 Å². The molecular weight excluding hydrogens is 454 g/mol. The number of H-pyrrole nitrogens is 1. The Balaban J connectivity index is 1.32. The van der Waals surface area contributed by atoms with Crippen LogP contribution in [0.3, 0.4) is 0 Å². The fourth-order valence-electron chi connectivity index (χ4n) is 4.50. The van der Waals surface area contributed by atoms with Crippen molar-refractivity contribution in [1.82, 2.24) is 15.2 Å². The lowest BCUT2D eigenvalue weighted by Crippen LogP contribution is -2.36. The number of rotatable bonds is 5. The maximum atomic E-state index is 13.1. The fourth-order valence-corrected chi connectivity index (χ4v) is 4.50. The standard InChI is InChI=1S/C27H25N7O2/c35-26-25(29-23(18-8-2-1-3-9-18)19-10-4-6-12-21(19)28-26)31-27-30-24(32-33-27)20-11-5-7-13-22(20)34-14-16-36-17-15-34/h1-13,25H,14-17H2,(H,28,35)(H2,30,31,32,33). The molecule has 0 bridgehead atoms. The van der Waals surface area contributed by atoms with Gasteiger partial charge in [-0.25, -0.2) is 4.99 Å². The number of benzene rings is 3. The van der Waals surface area contributed by atoms with Crippen LogP contribution in [-0.2, 0) is 9.53 Å². The highest BCUT2D eigenvalue weighted by Gasteiger charge is 2.27. The molecule has 0 spiro atoms. The molecule has 3 heterocycles. The van der Waals surface area contributed by atoms with Crippen LogP contribution in [0.2, 0.25) is 0 Å². The Morgan fingerprint density at radius 1 is 0.889 bits per heavy atom. The maximum Gasteiger partial charge on any atom is 0.269 e. The second kappa shape index (κ2) is 9.63. The Hall–Kier alpha value is -4.50. The molecule has 1 fully saturated rings. The van der Waals surface area contributed by atoms with Crippen LogP contribution in [-0.4, -0.2) is 59.3 Å². The zero-order valence-electron chi connectivity index (χ0n) is 19.5. The summed E-state index contributed by atoms with van der Waals surface area (Å²) >= 11 is 0. The number of fused-ring (bicyclic) bond motifs is 1. The molecule has 0 radical (unpaired) electrons. The fraction of sp³-hybridized carbons (Fsp3) is 0.185. The van der Waals surface area contributed by atoms with Crippen molar-refractivity contribution in [1.29, 1.82) is 0 Å². The van der Waals surface area contributed by atoms with Crippen molar-refractivity contribution in [2.45, 2.75) is 6.17 Å². The summed E-state index contributed by atoms with van der Waals surface area (Å²) < 4.78 is 5.50. The number of carbonyl (C=O) groups excluding carboxylic acids is 1. The van der Waals surface area contributed by atoms with Gasteiger partial charge in [0, 0.05) is 35.5 Å². The zero-order chi connectivity index (χ0) is 24.3. The average molecular weight is 480 g/mol. The molecule has 180 valence electrons. The molecule has 2 aliphatic rings. The first kappa shape index (κ1) is 22.0. The van der Waals surface area contributed by atoms with Crippen molar-refractivity contribution in [3.63, 3.8) is 0 Å². The smallest absolute Gasteiger partial charge is 0.269 e. The second-order valence-corrected chi connectivity index (χ2v) is 8.55. The minimum Gasteiger partial charge on any atom is -0.378 e. The number of aromatic amines is 1. The number of carbonyl (C=O) groups is 1. The van der Waals surface area contributed by atoms with Crippen LogP contribution >= 0.6 is 0 Å². The van der Waals surface area contributed by atoms with Gasteiger partial charge in [-0.3, -0.25) is 9.89 Å². The summed E-state index contributed by atoms with van der Waals surface area (Å²) in [6.07, 6.45) is -0.911. The van der Waals surface area contributed by atoms with E-state index in [0.717, 1.165) is 41.2 Å². The predicted octanol–water partition coefficient (Wildman–Crippen LogP) is 3.54. The Morgan fingerprint density at radius 2 is 1.61 bits per heavy atom. The number of anilines is 3. The van der Waals surface area contributed by atoms with Gasteiger partial charge in [0.2, 0.25) is 12.1 Å². The summed E-state index contributed by atoms with van der Waals surface area (Å²) in [6.45, 7) is 3.02. The third-order valence-electron chi connectivity index (χ3n) is 6.26. The lowest BCUT2D eigenvalue weighted by atomic mass is 10.0. The summed E-state index contributed by atoms with van der Waals surface area (Å²) in [4.78, 5) is 24.9. The summed E-state index contributed by atoms with van der Waals surface area (Å²) in [5, 5.41) is 13.5. The molecular formula is C27H25N7O2. The molecule has 1 aromatic heterocycles. The molecule has 36 heavy (non-hydrogen) atoms. The van der Waals surface area contributed by atoms with Crippen molar-refractivity contribution in [2.24, 2.45) is 4.99 Å². The average Bonchev–Trinajstić information content (AvgIpc) is 3.35. The van der Waals surface area contributed by atoms with Crippen molar-refractivity contribution >= 4 is 28.9 Å². The Bertz CT molecular complexity index is 1410. The number of para-hydroxylation sites is 2. The molecule has 1 saturated heterocycles. The largest absolute Gasteiger partial charge is 0.378 e. The first-order valence-electron chi connectivity index (χ1n) is 11.9. The van der Waals surface area contributed by atoms with Gasteiger partial charge < -0.3 is 20.3 Å². The van der Waals surface area contributed by atoms with Gasteiger partial charge in [0.05, 0.1) is 24.6 Å². The van der Waals surface area contributed by atoms with E-state index in [0.29, 0.717) is 30.7 Å². The molecule has 6 rings (SSSR count). The highest BCUT2D eigenvalue weighted by Crippen LogP contribution is 2.30. The molecule has 9 nitrogen and oxygen atoms in total. The summed E-state index contributed by atoms with van der Waals surface area (Å²) in [7, 11) is 0. The van der Waals surface area contributed by atoms with Crippen LogP contribution in [0.25, 0.3) is 11.4 Å². The first-order valence-corrected chi connectivity index (χ1v) is 11.9. The van der Waals surface area contributed by atoms with Crippen LogP contribution < -0.4 is 15.5 Å². The van der Waals surface area contributed by atoms with E-state index in [1.54, 1.807) is 0 Å². The summed E-state index contributed by atoms with van der Waals surface area (Å²) in [6, 6.07) is 25.6. The Morgan fingerprint density at radius 3 is 2.44 bits per heavy atom.